The molecule has 0 aliphatic carbocycles. The van der Waals surface area contributed by atoms with Crippen molar-refractivity contribution in [1.82, 2.24) is 0 Å². The Morgan fingerprint density at radius 1 is 1.07 bits per heavy atom. The Morgan fingerprint density at radius 3 is 2.56 bits per heavy atom. The van der Waals surface area contributed by atoms with E-state index < -0.39 is 0 Å². The first-order valence-electron chi connectivity index (χ1n) is 8.55. The minimum absolute atomic E-state index is 0.134. The number of anilines is 1. The van der Waals surface area contributed by atoms with E-state index in [1.54, 1.807) is 23.3 Å². The lowest BCUT2D eigenvalue weighted by atomic mass is 10.1. The maximum atomic E-state index is 13.2. The van der Waals surface area contributed by atoms with Crippen LogP contribution in [0.2, 0.25) is 0 Å². The molecule has 1 amide bonds. The molecule has 2 aromatic carbocycles. The molecule has 4 rings (SSSR count). The zero-order valence-electron chi connectivity index (χ0n) is 15.0. The van der Waals surface area contributed by atoms with Crippen LogP contribution in [0.5, 0.6) is 5.75 Å². The molecule has 2 heterocycles. The third-order valence-corrected chi connectivity index (χ3v) is 5.11. The summed E-state index contributed by atoms with van der Waals surface area (Å²) in [5.41, 5.74) is 3.22. The van der Waals surface area contributed by atoms with Crippen LogP contribution in [0.1, 0.15) is 16.0 Å². The average molecular weight is 374 g/mol. The summed E-state index contributed by atoms with van der Waals surface area (Å²) in [6.45, 7) is 2.03. The molecule has 5 heteroatoms. The maximum absolute atomic E-state index is 13.2. The first-order valence-corrected chi connectivity index (χ1v) is 9.43. The molecule has 0 bridgehead atoms. The predicted molar refractivity (Wildman–Crippen MR) is 110 cm³/mol. The van der Waals surface area contributed by atoms with Crippen molar-refractivity contribution in [3.63, 3.8) is 0 Å². The normalized spacial score (nSPS) is 15.3. The van der Waals surface area contributed by atoms with Gasteiger partial charge in [0, 0.05) is 10.4 Å². The van der Waals surface area contributed by atoms with E-state index in [-0.39, 0.29) is 5.91 Å². The maximum Gasteiger partial charge on any atom is 0.282 e. The number of rotatable bonds is 4. The zero-order valence-corrected chi connectivity index (χ0v) is 15.9. The monoisotopic (exact) mass is 374 g/mol. The summed E-state index contributed by atoms with van der Waals surface area (Å²) in [5, 5.41) is 1.98. The van der Waals surface area contributed by atoms with E-state index in [2.05, 4.69) is 4.99 Å². The van der Waals surface area contributed by atoms with Gasteiger partial charge < -0.3 is 4.74 Å². The van der Waals surface area contributed by atoms with Crippen LogP contribution in [0.15, 0.2) is 76.7 Å². The number of hydrogen-bond acceptors (Lipinski definition) is 4. The third kappa shape index (κ3) is 3.41. The van der Waals surface area contributed by atoms with Crippen molar-refractivity contribution >= 4 is 34.8 Å². The van der Waals surface area contributed by atoms with Crippen molar-refractivity contribution in [3.05, 3.63) is 87.7 Å². The van der Waals surface area contributed by atoms with Crippen LogP contribution in [-0.2, 0) is 4.79 Å². The van der Waals surface area contributed by atoms with Crippen molar-refractivity contribution in [2.45, 2.75) is 6.92 Å². The molecule has 3 aromatic rings. The Labute approximate surface area is 162 Å². The number of aliphatic imine (C=N–C) groups is 1. The first-order chi connectivity index (χ1) is 13.2. The number of amides is 1. The molecule has 0 unspecified atom stereocenters. The van der Waals surface area contributed by atoms with Crippen molar-refractivity contribution < 1.29 is 9.53 Å². The van der Waals surface area contributed by atoms with Gasteiger partial charge in [0.2, 0.25) is 0 Å². The second-order valence-corrected chi connectivity index (χ2v) is 7.17. The molecule has 1 aliphatic heterocycles. The Hall–Kier alpha value is -3.18. The molecule has 0 fully saturated rings. The van der Waals surface area contributed by atoms with Crippen molar-refractivity contribution in [2.24, 2.45) is 4.99 Å². The summed E-state index contributed by atoms with van der Waals surface area (Å²) < 4.78 is 5.23. The van der Waals surface area contributed by atoms with Gasteiger partial charge in [0.05, 0.1) is 12.8 Å². The van der Waals surface area contributed by atoms with Gasteiger partial charge in [0.1, 0.15) is 17.3 Å². The Morgan fingerprint density at radius 2 is 1.89 bits per heavy atom. The van der Waals surface area contributed by atoms with Gasteiger partial charge in [-0.2, -0.15) is 0 Å². The fourth-order valence-corrected chi connectivity index (χ4v) is 3.62. The number of nitrogens with zero attached hydrogens (tertiary/aromatic N) is 2. The lowest BCUT2D eigenvalue weighted by molar-refractivity contribution is -0.113. The van der Waals surface area contributed by atoms with E-state index >= 15 is 0 Å². The summed E-state index contributed by atoms with van der Waals surface area (Å²) in [6, 6.07) is 19.4. The fraction of sp³-hybridized carbons (Fsp3) is 0.0909. The Balaban J connectivity index is 1.81. The van der Waals surface area contributed by atoms with Crippen molar-refractivity contribution in [2.75, 3.05) is 12.0 Å². The molecule has 27 heavy (non-hydrogen) atoms. The average Bonchev–Trinajstić information content (AvgIpc) is 3.31. The number of ether oxygens (including phenoxy) is 1. The number of amidine groups is 1. The molecule has 0 radical (unpaired) electrons. The van der Waals surface area contributed by atoms with E-state index in [9.17, 15) is 4.79 Å². The second-order valence-electron chi connectivity index (χ2n) is 6.19. The van der Waals surface area contributed by atoms with E-state index in [0.717, 1.165) is 27.4 Å². The van der Waals surface area contributed by atoms with Crippen molar-refractivity contribution in [1.29, 1.82) is 0 Å². The highest BCUT2D eigenvalue weighted by Gasteiger charge is 2.32. The summed E-state index contributed by atoms with van der Waals surface area (Å²) >= 11 is 1.58. The van der Waals surface area contributed by atoms with Gasteiger partial charge in [-0.1, -0.05) is 29.8 Å². The largest absolute Gasteiger partial charge is 0.497 e. The lowest BCUT2D eigenvalue weighted by Crippen LogP contribution is -2.32. The van der Waals surface area contributed by atoms with Crippen molar-refractivity contribution in [3.8, 4) is 5.75 Å². The van der Waals surface area contributed by atoms with Crippen LogP contribution in [0, 0.1) is 6.92 Å². The van der Waals surface area contributed by atoms with Gasteiger partial charge in [-0.05, 0) is 54.8 Å². The lowest BCUT2D eigenvalue weighted by Gasteiger charge is -2.19. The number of hydrogen-bond donors (Lipinski definition) is 0. The second kappa shape index (κ2) is 7.21. The highest BCUT2D eigenvalue weighted by atomic mass is 32.1. The summed E-state index contributed by atoms with van der Waals surface area (Å²) in [7, 11) is 1.62. The zero-order chi connectivity index (χ0) is 18.8. The summed E-state index contributed by atoms with van der Waals surface area (Å²) in [6.07, 6.45) is 1.84. The van der Waals surface area contributed by atoms with Crippen LogP contribution >= 0.6 is 11.3 Å². The van der Waals surface area contributed by atoms with Crippen LogP contribution in [0.3, 0.4) is 0 Å². The fourth-order valence-electron chi connectivity index (χ4n) is 2.97. The first kappa shape index (κ1) is 17.2. The van der Waals surface area contributed by atoms with Gasteiger partial charge in [-0.15, -0.1) is 11.3 Å². The smallest absolute Gasteiger partial charge is 0.282 e. The molecule has 0 spiro atoms. The Bertz CT molecular complexity index is 1030. The van der Waals surface area contributed by atoms with E-state index in [1.807, 2.05) is 79.0 Å². The third-order valence-electron chi connectivity index (χ3n) is 4.29. The number of methoxy groups -OCH3 is 1. The molecule has 0 saturated carbocycles. The predicted octanol–water partition coefficient (Wildman–Crippen LogP) is 4.90. The SMILES string of the molecule is COc1ccc(N2C(=O)/C(=C\c3cccs3)N=C2c2cccc(C)c2)cc1. The standard InChI is InChI=1S/C22H18N2O2S/c1-15-5-3-6-16(13-15)21-23-20(14-19-7-4-12-27-19)22(25)24(21)17-8-10-18(26-2)11-9-17/h3-14H,1-2H3/b20-14+. The minimum atomic E-state index is -0.134. The molecule has 0 N–H and O–H groups in total. The quantitative estimate of drug-likeness (QED) is 0.610. The van der Waals surface area contributed by atoms with Gasteiger partial charge >= 0.3 is 0 Å². The molecule has 0 saturated heterocycles. The molecule has 134 valence electrons. The molecular weight excluding hydrogens is 356 g/mol. The Kier molecular flexibility index (Phi) is 4.60. The van der Waals surface area contributed by atoms with E-state index in [1.165, 1.54) is 0 Å². The van der Waals surface area contributed by atoms with E-state index in [4.69, 9.17) is 4.74 Å². The number of benzene rings is 2. The molecule has 4 nitrogen and oxygen atoms in total. The minimum Gasteiger partial charge on any atom is -0.497 e. The number of aryl methyl sites for hydroxylation is 1. The highest BCUT2D eigenvalue weighted by Crippen LogP contribution is 2.30. The van der Waals surface area contributed by atoms with Gasteiger partial charge in [0.15, 0.2) is 0 Å². The van der Waals surface area contributed by atoms with Crippen LogP contribution in [0.4, 0.5) is 5.69 Å². The van der Waals surface area contributed by atoms with E-state index in [0.29, 0.717) is 11.5 Å². The van der Waals surface area contributed by atoms with Gasteiger partial charge in [-0.25, -0.2) is 4.99 Å². The topological polar surface area (TPSA) is 41.9 Å². The summed E-state index contributed by atoms with van der Waals surface area (Å²) in [4.78, 5) is 20.5. The van der Waals surface area contributed by atoms with Crippen LogP contribution in [0.25, 0.3) is 6.08 Å². The molecular formula is C22H18N2O2S. The summed E-state index contributed by atoms with van der Waals surface area (Å²) in [5.74, 6) is 1.25. The number of carbonyl (C=O) groups is 1. The number of carbonyl (C=O) groups excluding carboxylic acids is 1. The van der Waals surface area contributed by atoms with Crippen LogP contribution in [-0.4, -0.2) is 18.9 Å². The van der Waals surface area contributed by atoms with Crippen LogP contribution < -0.4 is 9.64 Å². The number of thiophene rings is 1. The van der Waals surface area contributed by atoms with Gasteiger partial charge in [-0.3, -0.25) is 9.69 Å². The van der Waals surface area contributed by atoms with Gasteiger partial charge in [0.25, 0.3) is 5.91 Å². The molecule has 1 aromatic heterocycles. The molecule has 1 aliphatic rings. The highest BCUT2D eigenvalue weighted by molar-refractivity contribution is 7.10. The molecule has 0 atom stereocenters.